The minimum Gasteiger partial charge on any atom is -0.370 e. The van der Waals surface area contributed by atoms with Crippen molar-refractivity contribution >= 4 is 11.7 Å². The van der Waals surface area contributed by atoms with Gasteiger partial charge >= 0.3 is 6.18 Å². The van der Waals surface area contributed by atoms with E-state index in [1.165, 1.54) is 6.07 Å². The summed E-state index contributed by atoms with van der Waals surface area (Å²) in [5, 5.41) is 5.70. The number of carbonyl (C=O) groups is 1. The number of amides is 1. The molecule has 9 heteroatoms. The third-order valence-corrected chi connectivity index (χ3v) is 3.40. The van der Waals surface area contributed by atoms with Crippen LogP contribution in [0, 0.1) is 0 Å². The quantitative estimate of drug-likeness (QED) is 0.759. The van der Waals surface area contributed by atoms with E-state index in [-0.39, 0.29) is 11.9 Å². The molecule has 24 heavy (non-hydrogen) atoms. The standard InChI is InChI=1S/C15H18F3N5O/c1-11(23-8-7-19-10-23)14(24)21-6-2-5-20-13-4-3-12(9-22-13)15(16,17)18/h3-4,7-11H,2,5-6H2,1H3,(H,20,22)(H,21,24)/t11-/m0/s1. The Labute approximate surface area is 137 Å². The Bertz CT molecular complexity index is 640. The zero-order chi connectivity index (χ0) is 17.6. The Hall–Kier alpha value is -2.58. The van der Waals surface area contributed by atoms with Crippen molar-refractivity contribution in [3.63, 3.8) is 0 Å². The molecule has 0 aliphatic carbocycles. The highest BCUT2D eigenvalue weighted by Gasteiger charge is 2.30. The van der Waals surface area contributed by atoms with E-state index < -0.39 is 11.7 Å². The van der Waals surface area contributed by atoms with Crippen LogP contribution >= 0.6 is 0 Å². The van der Waals surface area contributed by atoms with E-state index in [1.54, 1.807) is 30.2 Å². The molecule has 2 aromatic heterocycles. The number of hydrogen-bond donors (Lipinski definition) is 2. The summed E-state index contributed by atoms with van der Waals surface area (Å²) in [6, 6.07) is 1.91. The van der Waals surface area contributed by atoms with Gasteiger partial charge in [0.15, 0.2) is 0 Å². The van der Waals surface area contributed by atoms with Crippen molar-refractivity contribution in [2.75, 3.05) is 18.4 Å². The summed E-state index contributed by atoms with van der Waals surface area (Å²) in [7, 11) is 0. The van der Waals surface area contributed by atoms with Gasteiger partial charge in [-0.3, -0.25) is 4.79 Å². The lowest BCUT2D eigenvalue weighted by Gasteiger charge is -2.13. The molecule has 1 atom stereocenters. The Morgan fingerprint density at radius 2 is 2.12 bits per heavy atom. The van der Waals surface area contributed by atoms with Gasteiger partial charge in [0, 0.05) is 31.7 Å². The average Bonchev–Trinajstić information content (AvgIpc) is 3.07. The van der Waals surface area contributed by atoms with Crippen LogP contribution < -0.4 is 10.6 Å². The van der Waals surface area contributed by atoms with Gasteiger partial charge in [-0.05, 0) is 25.5 Å². The van der Waals surface area contributed by atoms with Gasteiger partial charge in [0.05, 0.1) is 11.9 Å². The first-order chi connectivity index (χ1) is 11.4. The average molecular weight is 341 g/mol. The highest BCUT2D eigenvalue weighted by molar-refractivity contribution is 5.79. The van der Waals surface area contributed by atoms with Gasteiger partial charge < -0.3 is 15.2 Å². The van der Waals surface area contributed by atoms with Gasteiger partial charge in [0.2, 0.25) is 5.91 Å². The summed E-state index contributed by atoms with van der Waals surface area (Å²) in [4.78, 5) is 19.5. The minimum atomic E-state index is -4.39. The lowest BCUT2D eigenvalue weighted by atomic mass is 10.3. The molecule has 0 bridgehead atoms. The Morgan fingerprint density at radius 3 is 2.71 bits per heavy atom. The van der Waals surface area contributed by atoms with E-state index in [4.69, 9.17) is 0 Å². The van der Waals surface area contributed by atoms with Crippen molar-refractivity contribution in [1.29, 1.82) is 0 Å². The summed E-state index contributed by atoms with van der Waals surface area (Å²) in [5.74, 6) is 0.238. The molecule has 1 amide bonds. The van der Waals surface area contributed by atoms with Crippen LogP contribution in [-0.2, 0) is 11.0 Å². The normalized spacial score (nSPS) is 12.7. The van der Waals surface area contributed by atoms with Gasteiger partial charge in [-0.25, -0.2) is 9.97 Å². The summed E-state index contributed by atoms with van der Waals surface area (Å²) in [5.41, 5.74) is -0.784. The van der Waals surface area contributed by atoms with E-state index >= 15 is 0 Å². The second-order valence-corrected chi connectivity index (χ2v) is 5.19. The zero-order valence-corrected chi connectivity index (χ0v) is 13.0. The fourth-order valence-corrected chi connectivity index (χ4v) is 1.96. The fourth-order valence-electron chi connectivity index (χ4n) is 1.96. The molecule has 0 saturated carbocycles. The molecule has 6 nitrogen and oxygen atoms in total. The van der Waals surface area contributed by atoms with Gasteiger partial charge in [-0.15, -0.1) is 0 Å². The molecule has 0 saturated heterocycles. The number of pyridine rings is 1. The van der Waals surface area contributed by atoms with Crippen molar-refractivity contribution in [1.82, 2.24) is 19.9 Å². The predicted molar refractivity (Wildman–Crippen MR) is 82.3 cm³/mol. The summed E-state index contributed by atoms with van der Waals surface area (Å²) in [6.45, 7) is 2.70. The molecular weight excluding hydrogens is 323 g/mol. The molecular formula is C15H18F3N5O. The van der Waals surface area contributed by atoms with E-state index in [2.05, 4.69) is 20.6 Å². The maximum absolute atomic E-state index is 12.4. The number of anilines is 1. The van der Waals surface area contributed by atoms with Gasteiger partial charge in [-0.2, -0.15) is 13.2 Å². The molecule has 0 fully saturated rings. The number of carbonyl (C=O) groups excluding carboxylic acids is 1. The van der Waals surface area contributed by atoms with Crippen molar-refractivity contribution in [3.8, 4) is 0 Å². The highest BCUT2D eigenvalue weighted by atomic mass is 19.4. The van der Waals surface area contributed by atoms with Crippen LogP contribution in [0.1, 0.15) is 24.9 Å². The van der Waals surface area contributed by atoms with Crippen molar-refractivity contribution in [2.45, 2.75) is 25.6 Å². The largest absolute Gasteiger partial charge is 0.417 e. The van der Waals surface area contributed by atoms with E-state index in [0.29, 0.717) is 25.3 Å². The number of alkyl halides is 3. The van der Waals surface area contributed by atoms with Crippen LogP contribution in [0.2, 0.25) is 0 Å². The topological polar surface area (TPSA) is 71.8 Å². The van der Waals surface area contributed by atoms with Crippen LogP contribution in [0.25, 0.3) is 0 Å². The summed E-state index contributed by atoms with van der Waals surface area (Å²) < 4.78 is 38.9. The number of halogens is 3. The molecule has 0 aliphatic rings. The van der Waals surface area contributed by atoms with E-state index in [9.17, 15) is 18.0 Å². The smallest absolute Gasteiger partial charge is 0.370 e. The summed E-state index contributed by atoms with van der Waals surface area (Å²) >= 11 is 0. The second-order valence-electron chi connectivity index (χ2n) is 5.19. The molecule has 2 N–H and O–H groups in total. The molecule has 130 valence electrons. The fraction of sp³-hybridized carbons (Fsp3) is 0.400. The Morgan fingerprint density at radius 1 is 1.33 bits per heavy atom. The molecule has 2 rings (SSSR count). The van der Waals surface area contributed by atoms with Gasteiger partial charge in [-0.1, -0.05) is 0 Å². The van der Waals surface area contributed by atoms with Crippen LogP contribution in [0.3, 0.4) is 0 Å². The highest BCUT2D eigenvalue weighted by Crippen LogP contribution is 2.28. The molecule has 2 heterocycles. The summed E-state index contributed by atoms with van der Waals surface area (Å²) in [6.07, 6.45) is 1.90. The first-order valence-corrected chi connectivity index (χ1v) is 7.40. The van der Waals surface area contributed by atoms with E-state index in [0.717, 1.165) is 12.3 Å². The maximum atomic E-state index is 12.4. The molecule has 0 aliphatic heterocycles. The monoisotopic (exact) mass is 341 g/mol. The molecule has 0 spiro atoms. The van der Waals surface area contributed by atoms with Gasteiger partial charge in [0.25, 0.3) is 0 Å². The number of aromatic nitrogens is 3. The predicted octanol–water partition coefficient (Wildman–Crippen LogP) is 2.48. The first-order valence-electron chi connectivity index (χ1n) is 7.40. The van der Waals surface area contributed by atoms with Crippen LogP contribution in [0.4, 0.5) is 19.0 Å². The van der Waals surface area contributed by atoms with Crippen molar-refractivity contribution in [3.05, 3.63) is 42.6 Å². The van der Waals surface area contributed by atoms with Crippen LogP contribution in [0.15, 0.2) is 37.1 Å². The molecule has 0 aromatic carbocycles. The lowest BCUT2D eigenvalue weighted by molar-refractivity contribution is -0.137. The van der Waals surface area contributed by atoms with Crippen LogP contribution in [0.5, 0.6) is 0 Å². The zero-order valence-electron chi connectivity index (χ0n) is 13.0. The van der Waals surface area contributed by atoms with Gasteiger partial charge in [0.1, 0.15) is 11.9 Å². The van der Waals surface area contributed by atoms with E-state index in [1.807, 2.05) is 0 Å². The van der Waals surface area contributed by atoms with Crippen molar-refractivity contribution in [2.24, 2.45) is 0 Å². The minimum absolute atomic E-state index is 0.124. The molecule has 0 unspecified atom stereocenters. The third kappa shape index (κ3) is 4.97. The number of rotatable bonds is 7. The maximum Gasteiger partial charge on any atom is 0.417 e. The lowest BCUT2D eigenvalue weighted by Crippen LogP contribution is -2.32. The SMILES string of the molecule is C[C@@H](C(=O)NCCCNc1ccc(C(F)(F)F)cn1)n1ccnc1. The number of nitrogens with one attached hydrogen (secondary N) is 2. The number of nitrogens with zero attached hydrogens (tertiary/aromatic N) is 3. The molecule has 0 radical (unpaired) electrons. The number of hydrogen-bond acceptors (Lipinski definition) is 4. The van der Waals surface area contributed by atoms with Crippen molar-refractivity contribution < 1.29 is 18.0 Å². The second kappa shape index (κ2) is 7.80. The third-order valence-electron chi connectivity index (χ3n) is 3.40. The number of imidazole rings is 1. The first kappa shape index (κ1) is 17.8. The van der Waals surface area contributed by atoms with Crippen LogP contribution in [-0.4, -0.2) is 33.5 Å². The molecule has 2 aromatic rings. The Kier molecular flexibility index (Phi) is 5.78. The Balaban J connectivity index is 1.67.